The SMILES string of the molecule is Cc1ccc([C@@H]2CC(O)[C@H](O)C(CO)O2)cc1Cc1ccc(OC2CC3CCCC3C2)cc1. The molecule has 2 aliphatic carbocycles. The molecule has 0 spiro atoms. The van der Waals surface area contributed by atoms with Gasteiger partial charge in [0.25, 0.3) is 0 Å². The summed E-state index contributed by atoms with van der Waals surface area (Å²) in [6.07, 6.45) is 5.00. The fourth-order valence-corrected chi connectivity index (χ4v) is 6.10. The maximum absolute atomic E-state index is 10.2. The van der Waals surface area contributed by atoms with Crippen molar-refractivity contribution < 1.29 is 24.8 Å². The van der Waals surface area contributed by atoms with E-state index in [1.807, 2.05) is 6.07 Å². The molecule has 1 aliphatic heterocycles. The van der Waals surface area contributed by atoms with Crippen LogP contribution in [0.4, 0.5) is 0 Å². The van der Waals surface area contributed by atoms with Gasteiger partial charge in [-0.3, -0.25) is 0 Å². The number of hydrogen-bond donors (Lipinski definition) is 3. The average Bonchev–Trinajstić information content (AvgIpc) is 3.40. The Bertz CT molecular complexity index is 930. The van der Waals surface area contributed by atoms with Gasteiger partial charge in [0.1, 0.15) is 18.0 Å². The first-order valence-corrected chi connectivity index (χ1v) is 12.5. The second kappa shape index (κ2) is 9.75. The van der Waals surface area contributed by atoms with E-state index in [4.69, 9.17) is 9.47 Å². The Hall–Kier alpha value is -1.92. The van der Waals surface area contributed by atoms with Crippen molar-refractivity contribution in [1.82, 2.24) is 0 Å². The van der Waals surface area contributed by atoms with Crippen LogP contribution in [0.2, 0.25) is 0 Å². The van der Waals surface area contributed by atoms with Crippen LogP contribution in [0.5, 0.6) is 5.75 Å². The third-order valence-electron chi connectivity index (χ3n) is 8.06. The minimum absolute atomic E-state index is 0.315. The number of aliphatic hydroxyl groups is 3. The van der Waals surface area contributed by atoms with Gasteiger partial charge in [-0.2, -0.15) is 0 Å². The molecule has 1 saturated heterocycles. The van der Waals surface area contributed by atoms with Gasteiger partial charge < -0.3 is 24.8 Å². The first-order valence-electron chi connectivity index (χ1n) is 12.5. The van der Waals surface area contributed by atoms with Gasteiger partial charge in [-0.25, -0.2) is 0 Å². The largest absolute Gasteiger partial charge is 0.490 e. The number of fused-ring (bicyclic) bond motifs is 1. The van der Waals surface area contributed by atoms with Crippen LogP contribution in [0.1, 0.15) is 66.9 Å². The number of ether oxygens (including phenoxy) is 2. The maximum Gasteiger partial charge on any atom is 0.119 e. The van der Waals surface area contributed by atoms with E-state index < -0.39 is 18.3 Å². The lowest BCUT2D eigenvalue weighted by Crippen LogP contribution is -2.47. The number of aliphatic hydroxyl groups excluding tert-OH is 3. The summed E-state index contributed by atoms with van der Waals surface area (Å²) in [4.78, 5) is 0. The van der Waals surface area contributed by atoms with Crippen LogP contribution < -0.4 is 4.74 Å². The molecular formula is C28H36O5. The van der Waals surface area contributed by atoms with Gasteiger partial charge in [0.2, 0.25) is 0 Å². The molecule has 3 fully saturated rings. The summed E-state index contributed by atoms with van der Waals surface area (Å²) >= 11 is 0. The highest BCUT2D eigenvalue weighted by Crippen LogP contribution is 2.45. The monoisotopic (exact) mass is 452 g/mol. The van der Waals surface area contributed by atoms with Crippen LogP contribution in [-0.4, -0.2) is 46.3 Å². The molecule has 0 aromatic heterocycles. The standard InChI is InChI=1S/C28H36O5/c1-17-5-8-21(26-15-25(30)28(31)27(16-29)33-26)12-22(17)11-18-6-9-23(10-7-18)32-24-13-19-3-2-4-20(19)14-24/h5-10,12,19-20,24-31H,2-4,11,13-16H2,1H3/t19?,20?,24?,25?,26-,27?,28-/m0/s1. The second-order valence-corrected chi connectivity index (χ2v) is 10.3. The molecule has 2 aromatic carbocycles. The summed E-state index contributed by atoms with van der Waals surface area (Å²) in [5.41, 5.74) is 4.59. The summed E-state index contributed by atoms with van der Waals surface area (Å²) in [7, 11) is 0. The van der Waals surface area contributed by atoms with Crippen molar-refractivity contribution in [1.29, 1.82) is 0 Å². The van der Waals surface area contributed by atoms with Gasteiger partial charge in [0.05, 0.1) is 24.9 Å². The fraction of sp³-hybridized carbons (Fsp3) is 0.571. The highest BCUT2D eigenvalue weighted by molar-refractivity contribution is 5.38. The van der Waals surface area contributed by atoms with Gasteiger partial charge >= 0.3 is 0 Å². The normalized spacial score (nSPS) is 33.8. The van der Waals surface area contributed by atoms with Crippen molar-refractivity contribution in [2.45, 2.75) is 82.4 Å². The molecule has 3 aliphatic rings. The van der Waals surface area contributed by atoms with E-state index in [0.29, 0.717) is 12.5 Å². The maximum atomic E-state index is 10.2. The lowest BCUT2D eigenvalue weighted by atomic mass is 9.91. The molecule has 0 radical (unpaired) electrons. The molecule has 0 amide bonds. The minimum Gasteiger partial charge on any atom is -0.490 e. The van der Waals surface area contributed by atoms with Crippen molar-refractivity contribution >= 4 is 0 Å². The summed E-state index contributed by atoms with van der Waals surface area (Å²) in [5, 5.41) is 29.7. The topological polar surface area (TPSA) is 79.2 Å². The molecule has 178 valence electrons. The third-order valence-corrected chi connectivity index (χ3v) is 8.06. The highest BCUT2D eigenvalue weighted by atomic mass is 16.5. The molecule has 3 N–H and O–H groups in total. The molecule has 0 bridgehead atoms. The fourth-order valence-electron chi connectivity index (χ4n) is 6.10. The Morgan fingerprint density at radius 2 is 1.70 bits per heavy atom. The molecule has 5 nitrogen and oxygen atoms in total. The predicted octanol–water partition coefficient (Wildman–Crippen LogP) is 4.09. The average molecular weight is 453 g/mol. The zero-order valence-corrected chi connectivity index (χ0v) is 19.4. The van der Waals surface area contributed by atoms with Crippen molar-refractivity contribution in [2.75, 3.05) is 6.61 Å². The molecule has 1 heterocycles. The van der Waals surface area contributed by atoms with Gasteiger partial charge in [0.15, 0.2) is 0 Å². The summed E-state index contributed by atoms with van der Waals surface area (Å²) in [6.45, 7) is 1.79. The highest BCUT2D eigenvalue weighted by Gasteiger charge is 2.38. The van der Waals surface area contributed by atoms with E-state index in [-0.39, 0.29) is 12.7 Å². The number of aryl methyl sites for hydroxylation is 1. The Morgan fingerprint density at radius 3 is 2.39 bits per heavy atom. The first-order chi connectivity index (χ1) is 16.0. The van der Waals surface area contributed by atoms with Gasteiger partial charge in [-0.15, -0.1) is 0 Å². The Balaban J connectivity index is 1.24. The molecule has 2 aromatic rings. The Kier molecular flexibility index (Phi) is 6.75. The molecule has 2 saturated carbocycles. The van der Waals surface area contributed by atoms with E-state index in [0.717, 1.165) is 29.6 Å². The van der Waals surface area contributed by atoms with Crippen molar-refractivity contribution in [3.05, 3.63) is 64.7 Å². The first kappa shape index (κ1) is 22.9. The molecule has 5 rings (SSSR count). The number of hydrogen-bond acceptors (Lipinski definition) is 5. The number of rotatable bonds is 6. The van der Waals surface area contributed by atoms with E-state index in [2.05, 4.69) is 43.3 Å². The third kappa shape index (κ3) is 4.97. The van der Waals surface area contributed by atoms with Crippen LogP contribution in [0.15, 0.2) is 42.5 Å². The van der Waals surface area contributed by atoms with Gasteiger partial charge in [-0.1, -0.05) is 49.6 Å². The van der Waals surface area contributed by atoms with Gasteiger partial charge in [0, 0.05) is 6.42 Å². The summed E-state index contributed by atoms with van der Waals surface area (Å²) in [6, 6.07) is 14.7. The predicted molar refractivity (Wildman–Crippen MR) is 126 cm³/mol. The number of benzene rings is 2. The molecule has 5 heteroatoms. The van der Waals surface area contributed by atoms with Crippen molar-refractivity contribution in [2.24, 2.45) is 11.8 Å². The molecule has 4 unspecified atom stereocenters. The van der Waals surface area contributed by atoms with E-state index in [1.54, 1.807) is 0 Å². The van der Waals surface area contributed by atoms with E-state index in [9.17, 15) is 15.3 Å². The zero-order chi connectivity index (χ0) is 22.9. The van der Waals surface area contributed by atoms with Crippen LogP contribution in [0, 0.1) is 18.8 Å². The van der Waals surface area contributed by atoms with Crippen LogP contribution >= 0.6 is 0 Å². The van der Waals surface area contributed by atoms with Crippen LogP contribution in [0.3, 0.4) is 0 Å². The van der Waals surface area contributed by atoms with E-state index in [1.165, 1.54) is 48.8 Å². The quantitative estimate of drug-likeness (QED) is 0.615. The van der Waals surface area contributed by atoms with Crippen LogP contribution in [0.25, 0.3) is 0 Å². The Labute approximate surface area is 196 Å². The molecule has 6 atom stereocenters. The van der Waals surface area contributed by atoms with E-state index >= 15 is 0 Å². The molecular weight excluding hydrogens is 416 g/mol. The lowest BCUT2D eigenvalue weighted by molar-refractivity contribution is -0.181. The Morgan fingerprint density at radius 1 is 0.970 bits per heavy atom. The van der Waals surface area contributed by atoms with Crippen LogP contribution in [-0.2, 0) is 11.2 Å². The zero-order valence-electron chi connectivity index (χ0n) is 19.4. The smallest absolute Gasteiger partial charge is 0.119 e. The van der Waals surface area contributed by atoms with Crippen molar-refractivity contribution in [3.63, 3.8) is 0 Å². The summed E-state index contributed by atoms with van der Waals surface area (Å²) < 4.78 is 12.2. The van der Waals surface area contributed by atoms with Gasteiger partial charge in [-0.05, 0) is 72.4 Å². The minimum atomic E-state index is -1.05. The lowest BCUT2D eigenvalue weighted by Gasteiger charge is -2.36. The van der Waals surface area contributed by atoms with Crippen molar-refractivity contribution in [3.8, 4) is 5.75 Å². The summed E-state index contributed by atoms with van der Waals surface area (Å²) in [5.74, 6) is 2.73. The molecule has 33 heavy (non-hydrogen) atoms. The second-order valence-electron chi connectivity index (χ2n) is 10.3.